The maximum absolute atomic E-state index is 12.3. The summed E-state index contributed by atoms with van der Waals surface area (Å²) in [6.45, 7) is 5.12. The Morgan fingerprint density at radius 2 is 2.00 bits per heavy atom. The van der Waals surface area contributed by atoms with Crippen LogP contribution in [0.25, 0.3) is 0 Å². The predicted octanol–water partition coefficient (Wildman–Crippen LogP) is 1.28. The molecule has 0 fully saturated rings. The lowest BCUT2D eigenvalue weighted by Gasteiger charge is -2.23. The van der Waals surface area contributed by atoms with Gasteiger partial charge in [-0.3, -0.25) is 0 Å². The van der Waals surface area contributed by atoms with Crippen LogP contribution in [0.3, 0.4) is 0 Å². The van der Waals surface area contributed by atoms with Crippen LogP contribution in [0.5, 0.6) is 0 Å². The molecule has 1 unspecified atom stereocenters. The molecule has 7 heteroatoms. The Morgan fingerprint density at radius 3 is 2.55 bits per heavy atom. The molecule has 1 rings (SSSR count). The van der Waals surface area contributed by atoms with Gasteiger partial charge in [-0.15, -0.1) is 0 Å². The molecule has 0 radical (unpaired) electrons. The molecule has 0 saturated heterocycles. The van der Waals surface area contributed by atoms with Gasteiger partial charge in [0, 0.05) is 18.0 Å². The van der Waals surface area contributed by atoms with E-state index < -0.39 is 15.6 Å². The molecular weight excluding hydrogens is 296 g/mol. The van der Waals surface area contributed by atoms with Gasteiger partial charge < -0.3 is 10.8 Å². The van der Waals surface area contributed by atoms with Crippen LogP contribution in [0.4, 0.5) is 5.69 Å². The largest absolute Gasteiger partial charge is 0.399 e. The van der Waals surface area contributed by atoms with Gasteiger partial charge >= 0.3 is 0 Å². The number of nitrogens with one attached hydrogen (secondary N) is 1. The molecule has 20 heavy (non-hydrogen) atoms. The summed E-state index contributed by atoms with van der Waals surface area (Å²) in [6.07, 6.45) is 1.86. The van der Waals surface area contributed by atoms with Crippen LogP contribution < -0.4 is 10.5 Å². The number of nitrogen functional groups attached to an aromatic ring is 1. The van der Waals surface area contributed by atoms with E-state index in [2.05, 4.69) is 4.72 Å². The van der Waals surface area contributed by atoms with Crippen molar-refractivity contribution in [2.45, 2.75) is 31.3 Å². The van der Waals surface area contributed by atoms with Crippen LogP contribution >= 0.6 is 11.8 Å². The van der Waals surface area contributed by atoms with Crippen LogP contribution in [-0.4, -0.2) is 37.7 Å². The number of aryl methyl sites for hydroxylation is 1. The average Bonchev–Trinajstić information content (AvgIpc) is 2.31. The third-order valence-corrected chi connectivity index (χ3v) is 5.47. The van der Waals surface area contributed by atoms with Crippen molar-refractivity contribution in [3.8, 4) is 0 Å². The minimum Gasteiger partial charge on any atom is -0.399 e. The van der Waals surface area contributed by atoms with Gasteiger partial charge in [-0.25, -0.2) is 13.1 Å². The van der Waals surface area contributed by atoms with Gasteiger partial charge in [-0.05, 0) is 50.3 Å². The van der Waals surface area contributed by atoms with E-state index >= 15 is 0 Å². The van der Waals surface area contributed by atoms with Gasteiger partial charge in [0.05, 0.1) is 10.5 Å². The lowest BCUT2D eigenvalue weighted by Crippen LogP contribution is -2.42. The Morgan fingerprint density at radius 1 is 1.40 bits per heavy atom. The van der Waals surface area contributed by atoms with E-state index in [1.165, 1.54) is 17.8 Å². The van der Waals surface area contributed by atoms with E-state index in [1.807, 2.05) is 13.2 Å². The van der Waals surface area contributed by atoms with E-state index in [4.69, 9.17) is 5.73 Å². The molecule has 1 atom stereocenters. The zero-order valence-corrected chi connectivity index (χ0v) is 13.9. The Bertz CT molecular complexity index is 584. The van der Waals surface area contributed by atoms with Crippen molar-refractivity contribution >= 4 is 27.5 Å². The molecule has 0 spiro atoms. The van der Waals surface area contributed by atoms with Crippen molar-refractivity contribution in [2.75, 3.05) is 24.3 Å². The van der Waals surface area contributed by atoms with Crippen molar-refractivity contribution in [1.82, 2.24) is 4.72 Å². The fraction of sp³-hybridized carbons (Fsp3) is 0.538. The molecule has 1 aromatic carbocycles. The zero-order chi connectivity index (χ0) is 15.6. The Labute approximate surface area is 125 Å². The van der Waals surface area contributed by atoms with Crippen molar-refractivity contribution < 1.29 is 13.5 Å². The van der Waals surface area contributed by atoms with Crippen LogP contribution in [0.15, 0.2) is 17.0 Å². The third kappa shape index (κ3) is 4.37. The number of hydrogen-bond acceptors (Lipinski definition) is 5. The first-order chi connectivity index (χ1) is 9.09. The van der Waals surface area contributed by atoms with Crippen molar-refractivity contribution in [3.63, 3.8) is 0 Å². The monoisotopic (exact) mass is 318 g/mol. The summed E-state index contributed by atoms with van der Waals surface area (Å²) in [5.41, 5.74) is 6.51. The fourth-order valence-electron chi connectivity index (χ4n) is 1.82. The fourth-order valence-corrected chi connectivity index (χ4v) is 4.06. The van der Waals surface area contributed by atoms with Gasteiger partial charge in [-0.1, -0.05) is 0 Å². The minimum absolute atomic E-state index is 0.0382. The molecule has 114 valence electrons. The van der Waals surface area contributed by atoms with Crippen LogP contribution in [0.1, 0.15) is 18.1 Å². The molecule has 1 aromatic rings. The van der Waals surface area contributed by atoms with Crippen LogP contribution in [0.2, 0.25) is 0 Å². The summed E-state index contributed by atoms with van der Waals surface area (Å²) in [7, 11) is -3.69. The molecule has 0 aliphatic carbocycles. The highest BCUT2D eigenvalue weighted by molar-refractivity contribution is 7.98. The topological polar surface area (TPSA) is 92.4 Å². The number of rotatable bonds is 6. The van der Waals surface area contributed by atoms with Gasteiger partial charge in [0.1, 0.15) is 0 Å². The summed E-state index contributed by atoms with van der Waals surface area (Å²) in [6, 6.07) is 3.17. The number of benzene rings is 1. The van der Waals surface area contributed by atoms with E-state index in [0.29, 0.717) is 17.0 Å². The third-order valence-electron chi connectivity index (χ3n) is 3.03. The van der Waals surface area contributed by atoms with E-state index in [0.717, 1.165) is 5.56 Å². The molecule has 0 saturated carbocycles. The molecule has 4 N–H and O–H groups in total. The molecule has 0 amide bonds. The molecular formula is C13H22N2O3S2. The Balaban J connectivity index is 3.01. The Kier molecular flexibility index (Phi) is 5.48. The van der Waals surface area contributed by atoms with Gasteiger partial charge in [-0.2, -0.15) is 11.8 Å². The number of thioether (sulfide) groups is 1. The molecule has 0 aliphatic rings. The molecule has 0 bridgehead atoms. The second kappa shape index (κ2) is 6.34. The van der Waals surface area contributed by atoms with Gasteiger partial charge in [0.2, 0.25) is 10.0 Å². The SMILES string of the molecule is CSCC(C)(O)CNS(=O)(=O)c1cc(N)cc(C)c1C. The highest BCUT2D eigenvalue weighted by atomic mass is 32.2. The van der Waals surface area contributed by atoms with Gasteiger partial charge in [0.15, 0.2) is 0 Å². The first-order valence-corrected chi connectivity index (χ1v) is 9.04. The van der Waals surface area contributed by atoms with Crippen molar-refractivity contribution in [1.29, 1.82) is 0 Å². The summed E-state index contributed by atoms with van der Waals surface area (Å²) < 4.78 is 27.1. The summed E-state index contributed by atoms with van der Waals surface area (Å²) in [5, 5.41) is 10.0. The maximum Gasteiger partial charge on any atom is 0.241 e. The van der Waals surface area contributed by atoms with E-state index in [9.17, 15) is 13.5 Å². The number of nitrogens with two attached hydrogens (primary N) is 1. The van der Waals surface area contributed by atoms with E-state index in [-0.39, 0.29) is 11.4 Å². The maximum atomic E-state index is 12.3. The first-order valence-electron chi connectivity index (χ1n) is 6.17. The van der Waals surface area contributed by atoms with E-state index in [1.54, 1.807) is 19.9 Å². The van der Waals surface area contributed by atoms with Crippen LogP contribution in [0, 0.1) is 13.8 Å². The second-order valence-electron chi connectivity index (χ2n) is 5.22. The number of sulfonamides is 1. The number of anilines is 1. The summed E-state index contributed by atoms with van der Waals surface area (Å²) in [5.74, 6) is 0.449. The summed E-state index contributed by atoms with van der Waals surface area (Å²) in [4.78, 5) is 0.162. The Hall–Kier alpha value is -0.760. The van der Waals surface area contributed by atoms with Crippen molar-refractivity contribution in [3.05, 3.63) is 23.3 Å². The van der Waals surface area contributed by atoms with Crippen LogP contribution in [-0.2, 0) is 10.0 Å². The molecule has 0 heterocycles. The second-order valence-corrected chi connectivity index (χ2v) is 7.82. The minimum atomic E-state index is -3.69. The lowest BCUT2D eigenvalue weighted by atomic mass is 10.1. The quantitative estimate of drug-likeness (QED) is 0.687. The van der Waals surface area contributed by atoms with Crippen molar-refractivity contribution in [2.24, 2.45) is 0 Å². The smallest absolute Gasteiger partial charge is 0.241 e. The molecule has 0 aliphatic heterocycles. The lowest BCUT2D eigenvalue weighted by molar-refractivity contribution is 0.0908. The highest BCUT2D eigenvalue weighted by Gasteiger charge is 2.25. The summed E-state index contributed by atoms with van der Waals surface area (Å²) >= 11 is 1.46. The normalized spacial score (nSPS) is 15.1. The molecule has 0 aromatic heterocycles. The first kappa shape index (κ1) is 17.3. The molecule has 5 nitrogen and oxygen atoms in total. The highest BCUT2D eigenvalue weighted by Crippen LogP contribution is 2.22. The standard InChI is InChI=1S/C13H22N2O3S2/c1-9-5-11(14)6-12(10(9)2)20(17,18)15-7-13(3,16)8-19-4/h5-6,15-16H,7-8,14H2,1-4H3. The average molecular weight is 318 g/mol. The number of aliphatic hydroxyl groups is 1. The van der Waals surface area contributed by atoms with Gasteiger partial charge in [0.25, 0.3) is 0 Å². The number of hydrogen-bond donors (Lipinski definition) is 3. The predicted molar refractivity (Wildman–Crippen MR) is 84.5 cm³/mol. The zero-order valence-electron chi connectivity index (χ0n) is 12.2.